The van der Waals surface area contributed by atoms with Gasteiger partial charge in [-0.3, -0.25) is 14.7 Å². The smallest absolute Gasteiger partial charge is 0.277 e. The highest BCUT2D eigenvalue weighted by Crippen LogP contribution is 2.27. The van der Waals surface area contributed by atoms with Crippen molar-refractivity contribution in [2.45, 2.75) is 6.92 Å². The summed E-state index contributed by atoms with van der Waals surface area (Å²) < 4.78 is 1.64. The minimum atomic E-state index is -0.410. The van der Waals surface area contributed by atoms with E-state index in [-0.39, 0.29) is 5.69 Å². The number of hydrogen-bond donors (Lipinski definition) is 0. The van der Waals surface area contributed by atoms with E-state index in [0.29, 0.717) is 11.4 Å². The molecule has 0 unspecified atom stereocenters. The standard InChI is InChI=1S/C13H10N4O2/c1-9-6-7-14-13(12(9)17(18)19)16-8-15-10-4-2-3-5-11(10)16/h2-8H,1H3. The van der Waals surface area contributed by atoms with Crippen LogP contribution in [0.5, 0.6) is 0 Å². The summed E-state index contributed by atoms with van der Waals surface area (Å²) in [7, 11) is 0. The van der Waals surface area contributed by atoms with Crippen LogP contribution in [-0.2, 0) is 0 Å². The first kappa shape index (κ1) is 11.3. The third-order valence-corrected chi connectivity index (χ3v) is 2.97. The fourth-order valence-corrected chi connectivity index (χ4v) is 2.07. The van der Waals surface area contributed by atoms with E-state index in [0.717, 1.165) is 11.0 Å². The van der Waals surface area contributed by atoms with Crippen molar-refractivity contribution in [3.05, 3.63) is 58.5 Å². The first-order chi connectivity index (χ1) is 9.18. The van der Waals surface area contributed by atoms with Crippen LogP contribution < -0.4 is 0 Å². The Morgan fingerprint density at radius 3 is 2.79 bits per heavy atom. The molecule has 0 radical (unpaired) electrons. The Kier molecular flexibility index (Phi) is 2.49. The van der Waals surface area contributed by atoms with E-state index in [1.54, 1.807) is 30.1 Å². The number of hydrogen-bond acceptors (Lipinski definition) is 4. The van der Waals surface area contributed by atoms with E-state index in [9.17, 15) is 10.1 Å². The Hall–Kier alpha value is -2.76. The third kappa shape index (κ3) is 1.74. The third-order valence-electron chi connectivity index (χ3n) is 2.97. The van der Waals surface area contributed by atoms with Gasteiger partial charge in [-0.05, 0) is 25.1 Å². The lowest BCUT2D eigenvalue weighted by Crippen LogP contribution is -2.03. The molecule has 19 heavy (non-hydrogen) atoms. The second-order valence-corrected chi connectivity index (χ2v) is 4.16. The first-order valence-electron chi connectivity index (χ1n) is 5.71. The number of aryl methyl sites for hydroxylation is 1. The van der Waals surface area contributed by atoms with Crippen molar-refractivity contribution in [1.29, 1.82) is 0 Å². The van der Waals surface area contributed by atoms with Crippen LogP contribution in [0, 0.1) is 17.0 Å². The van der Waals surface area contributed by atoms with Gasteiger partial charge in [0.1, 0.15) is 6.33 Å². The van der Waals surface area contributed by atoms with Crippen LogP contribution in [0.2, 0.25) is 0 Å². The predicted molar refractivity (Wildman–Crippen MR) is 70.3 cm³/mol. The van der Waals surface area contributed by atoms with E-state index in [4.69, 9.17) is 0 Å². The lowest BCUT2D eigenvalue weighted by atomic mass is 10.2. The normalized spacial score (nSPS) is 10.8. The zero-order valence-electron chi connectivity index (χ0n) is 10.1. The lowest BCUT2D eigenvalue weighted by Gasteiger charge is -2.05. The van der Waals surface area contributed by atoms with Crippen molar-refractivity contribution in [2.24, 2.45) is 0 Å². The van der Waals surface area contributed by atoms with Crippen molar-refractivity contribution >= 4 is 16.7 Å². The molecule has 0 saturated carbocycles. The molecule has 0 amide bonds. The van der Waals surface area contributed by atoms with Gasteiger partial charge in [-0.15, -0.1) is 0 Å². The number of pyridine rings is 1. The van der Waals surface area contributed by atoms with Gasteiger partial charge < -0.3 is 0 Å². The van der Waals surface area contributed by atoms with Crippen LogP contribution in [0.4, 0.5) is 5.69 Å². The van der Waals surface area contributed by atoms with Gasteiger partial charge in [-0.2, -0.15) is 0 Å². The maximum atomic E-state index is 11.2. The summed E-state index contributed by atoms with van der Waals surface area (Å²) in [5, 5.41) is 11.2. The molecule has 0 aliphatic rings. The summed E-state index contributed by atoms with van der Waals surface area (Å²) in [6, 6.07) is 9.07. The van der Waals surface area contributed by atoms with Gasteiger partial charge in [-0.1, -0.05) is 12.1 Å². The van der Waals surface area contributed by atoms with Crippen LogP contribution in [0.25, 0.3) is 16.9 Å². The zero-order chi connectivity index (χ0) is 13.4. The summed E-state index contributed by atoms with van der Waals surface area (Å²) in [4.78, 5) is 19.2. The number of para-hydroxylation sites is 2. The molecule has 2 heterocycles. The predicted octanol–water partition coefficient (Wildman–Crippen LogP) is 2.64. The van der Waals surface area contributed by atoms with Gasteiger partial charge in [0.15, 0.2) is 0 Å². The number of fused-ring (bicyclic) bond motifs is 1. The first-order valence-corrected chi connectivity index (χ1v) is 5.71. The largest absolute Gasteiger partial charge is 0.315 e. The molecule has 3 rings (SSSR count). The lowest BCUT2D eigenvalue weighted by molar-refractivity contribution is -0.385. The molecule has 0 saturated heterocycles. The number of imidazole rings is 1. The van der Waals surface area contributed by atoms with Crippen LogP contribution in [0.1, 0.15) is 5.56 Å². The Balaban J connectivity index is 2.33. The molecule has 1 aromatic carbocycles. The van der Waals surface area contributed by atoms with Crippen molar-refractivity contribution < 1.29 is 4.92 Å². The topological polar surface area (TPSA) is 73.8 Å². The summed E-state index contributed by atoms with van der Waals surface area (Å²) in [5.74, 6) is 0.290. The molecule has 0 N–H and O–H groups in total. The molecule has 0 fully saturated rings. The number of nitro groups is 1. The zero-order valence-corrected chi connectivity index (χ0v) is 10.1. The van der Waals surface area contributed by atoms with Crippen molar-refractivity contribution in [3.8, 4) is 5.82 Å². The second kappa shape index (κ2) is 4.16. The molecule has 6 heteroatoms. The number of rotatable bonds is 2. The summed E-state index contributed by atoms with van der Waals surface area (Å²) >= 11 is 0. The van der Waals surface area contributed by atoms with Gasteiger partial charge in [-0.25, -0.2) is 9.97 Å². The molecule has 94 valence electrons. The highest BCUT2D eigenvalue weighted by molar-refractivity contribution is 5.77. The Morgan fingerprint density at radius 2 is 2.00 bits per heavy atom. The molecule has 0 bridgehead atoms. The Bertz CT molecular complexity index is 779. The number of aromatic nitrogens is 3. The van der Waals surface area contributed by atoms with Gasteiger partial charge in [0, 0.05) is 11.8 Å². The fraction of sp³-hybridized carbons (Fsp3) is 0.0769. The van der Waals surface area contributed by atoms with E-state index >= 15 is 0 Å². The highest BCUT2D eigenvalue weighted by atomic mass is 16.6. The number of benzene rings is 1. The minimum absolute atomic E-state index is 0.00523. The van der Waals surface area contributed by atoms with E-state index in [1.807, 2.05) is 24.3 Å². The van der Waals surface area contributed by atoms with E-state index < -0.39 is 4.92 Å². The summed E-state index contributed by atoms with van der Waals surface area (Å²) in [6.45, 7) is 1.70. The quantitative estimate of drug-likeness (QED) is 0.520. The van der Waals surface area contributed by atoms with Crippen LogP contribution in [0.3, 0.4) is 0 Å². The van der Waals surface area contributed by atoms with Crippen molar-refractivity contribution in [1.82, 2.24) is 14.5 Å². The summed E-state index contributed by atoms with van der Waals surface area (Å²) in [6.07, 6.45) is 3.12. The maximum Gasteiger partial charge on any atom is 0.315 e. The molecular weight excluding hydrogens is 244 g/mol. The molecule has 0 spiro atoms. The molecule has 6 nitrogen and oxygen atoms in total. The van der Waals surface area contributed by atoms with Gasteiger partial charge >= 0.3 is 5.69 Å². The van der Waals surface area contributed by atoms with Gasteiger partial charge in [0.2, 0.25) is 5.82 Å². The fourth-order valence-electron chi connectivity index (χ4n) is 2.07. The molecule has 0 aliphatic carbocycles. The van der Waals surface area contributed by atoms with Crippen molar-refractivity contribution in [2.75, 3.05) is 0 Å². The van der Waals surface area contributed by atoms with Crippen molar-refractivity contribution in [3.63, 3.8) is 0 Å². The van der Waals surface area contributed by atoms with Gasteiger partial charge in [0.05, 0.1) is 16.0 Å². The molecular formula is C13H10N4O2. The second-order valence-electron chi connectivity index (χ2n) is 4.16. The van der Waals surface area contributed by atoms with Gasteiger partial charge in [0.25, 0.3) is 0 Å². The minimum Gasteiger partial charge on any atom is -0.277 e. The Morgan fingerprint density at radius 1 is 1.21 bits per heavy atom. The average molecular weight is 254 g/mol. The number of nitrogens with zero attached hydrogens (tertiary/aromatic N) is 4. The van der Waals surface area contributed by atoms with Crippen LogP contribution >= 0.6 is 0 Å². The summed E-state index contributed by atoms with van der Waals surface area (Å²) in [5.41, 5.74) is 2.15. The van der Waals surface area contributed by atoms with E-state index in [2.05, 4.69) is 9.97 Å². The SMILES string of the molecule is Cc1ccnc(-n2cnc3ccccc32)c1[N+](=O)[O-]. The van der Waals surface area contributed by atoms with E-state index in [1.165, 1.54) is 0 Å². The molecule has 0 aliphatic heterocycles. The Labute approximate surface area is 108 Å². The molecule has 2 aromatic heterocycles. The maximum absolute atomic E-state index is 11.2. The van der Waals surface area contributed by atoms with Crippen LogP contribution in [0.15, 0.2) is 42.9 Å². The molecule has 0 atom stereocenters. The highest BCUT2D eigenvalue weighted by Gasteiger charge is 2.21. The van der Waals surface area contributed by atoms with Crippen LogP contribution in [-0.4, -0.2) is 19.5 Å². The molecule has 3 aromatic rings. The average Bonchev–Trinajstić information content (AvgIpc) is 2.81. The monoisotopic (exact) mass is 254 g/mol.